The zero-order valence-corrected chi connectivity index (χ0v) is 11.5. The highest BCUT2D eigenvalue weighted by atomic mass is 16.6. The van der Waals surface area contributed by atoms with E-state index in [2.05, 4.69) is 11.6 Å². The molecule has 1 atom stereocenters. The standard InChI is InChI=1S/C16H16N2O2/c1-4-11-9-17-10-18(11)14-12-7-5-6-8-13(12)15(19)20-16(14,2)3/h4-10,14H,1H2,2-3H3/t14-/m0/s1. The van der Waals surface area contributed by atoms with Crippen LogP contribution in [0.25, 0.3) is 6.08 Å². The molecule has 0 spiro atoms. The van der Waals surface area contributed by atoms with Gasteiger partial charge >= 0.3 is 5.97 Å². The van der Waals surface area contributed by atoms with Gasteiger partial charge in [-0.3, -0.25) is 0 Å². The SMILES string of the molecule is C=Cc1cncn1[C@H]1c2ccccc2C(=O)OC1(C)C. The molecule has 2 heterocycles. The zero-order valence-electron chi connectivity index (χ0n) is 11.5. The van der Waals surface area contributed by atoms with Gasteiger partial charge in [0, 0.05) is 0 Å². The molecule has 0 saturated heterocycles. The Kier molecular flexibility index (Phi) is 2.74. The molecule has 1 aliphatic rings. The first-order chi connectivity index (χ1) is 9.54. The molecular formula is C16H16N2O2. The van der Waals surface area contributed by atoms with Crippen molar-refractivity contribution in [1.82, 2.24) is 9.55 Å². The summed E-state index contributed by atoms with van der Waals surface area (Å²) in [6.07, 6.45) is 5.25. The summed E-state index contributed by atoms with van der Waals surface area (Å²) in [5.41, 5.74) is 1.82. The molecule has 102 valence electrons. The molecule has 1 aromatic heterocycles. The molecule has 4 nitrogen and oxygen atoms in total. The molecule has 1 aliphatic heterocycles. The number of benzene rings is 1. The first-order valence-electron chi connectivity index (χ1n) is 6.51. The number of imidazole rings is 1. The van der Waals surface area contributed by atoms with E-state index in [4.69, 9.17) is 4.74 Å². The zero-order chi connectivity index (χ0) is 14.3. The van der Waals surface area contributed by atoms with Gasteiger partial charge in [0.1, 0.15) is 11.6 Å². The highest BCUT2D eigenvalue weighted by Crippen LogP contribution is 2.40. The molecule has 2 aromatic rings. The van der Waals surface area contributed by atoms with Gasteiger partial charge in [-0.15, -0.1) is 0 Å². The number of carbonyl (C=O) groups is 1. The normalized spacial score (nSPS) is 20.1. The summed E-state index contributed by atoms with van der Waals surface area (Å²) >= 11 is 0. The van der Waals surface area contributed by atoms with Gasteiger partial charge in [0.2, 0.25) is 0 Å². The second-order valence-electron chi connectivity index (χ2n) is 5.41. The monoisotopic (exact) mass is 268 g/mol. The number of ether oxygens (including phenoxy) is 1. The molecular weight excluding hydrogens is 252 g/mol. The minimum atomic E-state index is -0.649. The van der Waals surface area contributed by atoms with Crippen molar-refractivity contribution in [3.05, 3.63) is 60.2 Å². The number of hydrogen-bond donors (Lipinski definition) is 0. The van der Waals surface area contributed by atoms with Crippen LogP contribution in [0.1, 0.15) is 41.5 Å². The molecule has 0 radical (unpaired) electrons. The summed E-state index contributed by atoms with van der Waals surface area (Å²) < 4.78 is 7.61. The molecule has 0 fully saturated rings. The van der Waals surface area contributed by atoms with Crippen molar-refractivity contribution in [3.8, 4) is 0 Å². The second-order valence-corrected chi connectivity index (χ2v) is 5.41. The van der Waals surface area contributed by atoms with E-state index in [1.165, 1.54) is 0 Å². The van der Waals surface area contributed by atoms with Crippen LogP contribution in [0.5, 0.6) is 0 Å². The van der Waals surface area contributed by atoms with E-state index in [0.717, 1.165) is 11.3 Å². The van der Waals surface area contributed by atoms with Crippen molar-refractivity contribution < 1.29 is 9.53 Å². The van der Waals surface area contributed by atoms with Crippen LogP contribution in [0.2, 0.25) is 0 Å². The van der Waals surface area contributed by atoms with Crippen molar-refractivity contribution in [2.45, 2.75) is 25.5 Å². The maximum Gasteiger partial charge on any atom is 0.339 e. The summed E-state index contributed by atoms with van der Waals surface area (Å²) in [5, 5.41) is 0. The van der Waals surface area contributed by atoms with Crippen molar-refractivity contribution in [2.75, 3.05) is 0 Å². The first-order valence-corrected chi connectivity index (χ1v) is 6.51. The Labute approximate surface area is 117 Å². The molecule has 0 saturated carbocycles. The molecule has 0 aliphatic carbocycles. The van der Waals surface area contributed by atoms with Crippen molar-refractivity contribution in [3.63, 3.8) is 0 Å². The lowest BCUT2D eigenvalue weighted by Crippen LogP contribution is -2.43. The topological polar surface area (TPSA) is 44.1 Å². The lowest BCUT2D eigenvalue weighted by atomic mass is 9.85. The summed E-state index contributed by atoms with van der Waals surface area (Å²) in [6.45, 7) is 7.64. The van der Waals surface area contributed by atoms with Crippen LogP contribution in [0.3, 0.4) is 0 Å². The largest absolute Gasteiger partial charge is 0.453 e. The average Bonchev–Trinajstić information content (AvgIpc) is 2.86. The smallest absolute Gasteiger partial charge is 0.339 e. The fraction of sp³-hybridized carbons (Fsp3) is 0.250. The van der Waals surface area contributed by atoms with E-state index in [1.54, 1.807) is 24.7 Å². The maximum absolute atomic E-state index is 12.1. The summed E-state index contributed by atoms with van der Waals surface area (Å²) in [5.74, 6) is -0.276. The Morgan fingerprint density at radius 1 is 1.40 bits per heavy atom. The number of fused-ring (bicyclic) bond motifs is 1. The number of rotatable bonds is 2. The van der Waals surface area contributed by atoms with E-state index < -0.39 is 5.60 Å². The minimum absolute atomic E-state index is 0.119. The summed E-state index contributed by atoms with van der Waals surface area (Å²) in [4.78, 5) is 16.3. The number of esters is 1. The van der Waals surface area contributed by atoms with Crippen LogP contribution in [-0.2, 0) is 4.74 Å². The number of nitrogens with zero attached hydrogens (tertiary/aromatic N) is 2. The van der Waals surface area contributed by atoms with E-state index in [-0.39, 0.29) is 12.0 Å². The highest BCUT2D eigenvalue weighted by molar-refractivity contribution is 5.93. The van der Waals surface area contributed by atoms with Gasteiger partial charge in [-0.2, -0.15) is 0 Å². The minimum Gasteiger partial charge on any atom is -0.453 e. The van der Waals surface area contributed by atoms with Gasteiger partial charge in [0.25, 0.3) is 0 Å². The molecule has 1 aromatic carbocycles. The number of carbonyl (C=O) groups excluding carboxylic acids is 1. The molecule has 4 heteroatoms. The Balaban J connectivity index is 2.24. The third kappa shape index (κ3) is 1.76. The predicted molar refractivity (Wildman–Crippen MR) is 76.4 cm³/mol. The van der Waals surface area contributed by atoms with Gasteiger partial charge in [-0.1, -0.05) is 24.8 Å². The summed E-state index contributed by atoms with van der Waals surface area (Å²) in [7, 11) is 0. The van der Waals surface area contributed by atoms with Gasteiger partial charge in [-0.25, -0.2) is 9.78 Å². The Morgan fingerprint density at radius 2 is 2.15 bits per heavy atom. The molecule has 0 bridgehead atoms. The van der Waals surface area contributed by atoms with E-state index in [9.17, 15) is 4.79 Å². The molecule has 20 heavy (non-hydrogen) atoms. The Morgan fingerprint density at radius 3 is 2.90 bits per heavy atom. The van der Waals surface area contributed by atoms with Crippen LogP contribution >= 0.6 is 0 Å². The predicted octanol–water partition coefficient (Wildman–Crippen LogP) is 3.06. The van der Waals surface area contributed by atoms with Crippen LogP contribution in [0.4, 0.5) is 0 Å². The average molecular weight is 268 g/mol. The molecule has 0 unspecified atom stereocenters. The fourth-order valence-electron chi connectivity index (χ4n) is 2.82. The Hall–Kier alpha value is -2.36. The van der Waals surface area contributed by atoms with E-state index >= 15 is 0 Å². The lowest BCUT2D eigenvalue weighted by Gasteiger charge is -2.40. The van der Waals surface area contributed by atoms with Crippen molar-refractivity contribution in [1.29, 1.82) is 0 Å². The molecule has 0 amide bonds. The highest BCUT2D eigenvalue weighted by Gasteiger charge is 2.43. The van der Waals surface area contributed by atoms with Gasteiger partial charge in [0.15, 0.2) is 0 Å². The van der Waals surface area contributed by atoms with Crippen LogP contribution in [-0.4, -0.2) is 21.1 Å². The van der Waals surface area contributed by atoms with E-state index in [0.29, 0.717) is 5.56 Å². The van der Waals surface area contributed by atoms with E-state index in [1.807, 2.05) is 36.6 Å². The van der Waals surface area contributed by atoms with Crippen LogP contribution in [0, 0.1) is 0 Å². The third-order valence-electron chi connectivity index (χ3n) is 3.67. The maximum atomic E-state index is 12.1. The fourth-order valence-corrected chi connectivity index (χ4v) is 2.82. The van der Waals surface area contributed by atoms with Crippen molar-refractivity contribution in [2.24, 2.45) is 0 Å². The number of cyclic esters (lactones) is 1. The second kappa shape index (κ2) is 4.34. The Bertz CT molecular complexity index is 685. The van der Waals surface area contributed by atoms with Gasteiger partial charge in [0.05, 0.1) is 23.8 Å². The number of hydrogen-bond acceptors (Lipinski definition) is 3. The van der Waals surface area contributed by atoms with Gasteiger partial charge in [-0.05, 0) is 31.6 Å². The van der Waals surface area contributed by atoms with Crippen LogP contribution in [0.15, 0.2) is 43.4 Å². The molecule has 3 rings (SSSR count). The van der Waals surface area contributed by atoms with Crippen molar-refractivity contribution >= 4 is 12.0 Å². The van der Waals surface area contributed by atoms with Crippen LogP contribution < -0.4 is 0 Å². The third-order valence-corrected chi connectivity index (χ3v) is 3.67. The van der Waals surface area contributed by atoms with Gasteiger partial charge < -0.3 is 9.30 Å². The lowest BCUT2D eigenvalue weighted by molar-refractivity contribution is -0.0262. The molecule has 0 N–H and O–H groups in total. The first kappa shape index (κ1) is 12.7. The quantitative estimate of drug-likeness (QED) is 0.786. The summed E-state index contributed by atoms with van der Waals surface area (Å²) in [6, 6.07) is 7.43. The number of aromatic nitrogens is 2.